The summed E-state index contributed by atoms with van der Waals surface area (Å²) < 4.78 is 18.0. The maximum absolute atomic E-state index is 12.7. The predicted molar refractivity (Wildman–Crippen MR) is 74.0 cm³/mol. The second kappa shape index (κ2) is 5.10. The highest BCUT2D eigenvalue weighted by atomic mass is 19.1. The topological polar surface area (TPSA) is 38.5 Å². The maximum atomic E-state index is 12.7. The molecule has 2 fully saturated rings. The van der Waals surface area contributed by atoms with E-state index in [-0.39, 0.29) is 6.10 Å². The Morgan fingerprint density at radius 3 is 2.47 bits per heavy atom. The molecule has 1 aromatic rings. The van der Waals surface area contributed by atoms with Crippen LogP contribution >= 0.6 is 0 Å². The highest BCUT2D eigenvalue weighted by molar-refractivity contribution is 5.50. The third kappa shape index (κ3) is 2.47. The molecule has 19 heavy (non-hydrogen) atoms. The molecule has 2 aliphatic rings. The molecule has 1 aliphatic heterocycles. The minimum absolute atomic E-state index is 0.369. The molecule has 1 saturated heterocycles. The van der Waals surface area contributed by atoms with Crippen LogP contribution in [0.15, 0.2) is 24.3 Å². The summed E-state index contributed by atoms with van der Waals surface area (Å²) >= 11 is 0. The van der Waals surface area contributed by atoms with Crippen molar-refractivity contribution >= 4 is 5.69 Å². The first-order valence-corrected chi connectivity index (χ1v) is 6.92. The molecule has 0 radical (unpaired) electrons. The Hall–Kier alpha value is -1.13. The quantitative estimate of drug-likeness (QED) is 0.885. The summed E-state index contributed by atoms with van der Waals surface area (Å²) in [6.07, 6.45) is 1.04. The van der Waals surface area contributed by atoms with Crippen LogP contribution in [0.5, 0.6) is 0 Å². The SMILES string of the molecule is COC(c1ccc(N2CC3CC3C2)cc1)C(N)CF. The van der Waals surface area contributed by atoms with Crippen molar-refractivity contribution in [3.05, 3.63) is 29.8 Å². The largest absolute Gasteiger partial charge is 0.375 e. The normalized spacial score (nSPS) is 28.1. The zero-order chi connectivity index (χ0) is 13.4. The Morgan fingerprint density at radius 1 is 1.32 bits per heavy atom. The Kier molecular flexibility index (Phi) is 3.46. The monoisotopic (exact) mass is 264 g/mol. The van der Waals surface area contributed by atoms with Gasteiger partial charge in [-0.1, -0.05) is 12.1 Å². The molecule has 1 heterocycles. The number of benzene rings is 1. The van der Waals surface area contributed by atoms with Crippen molar-refractivity contribution in [1.29, 1.82) is 0 Å². The van der Waals surface area contributed by atoms with Crippen LogP contribution in [-0.4, -0.2) is 32.9 Å². The number of nitrogens with zero attached hydrogens (tertiary/aromatic N) is 1. The van der Waals surface area contributed by atoms with Crippen molar-refractivity contribution in [1.82, 2.24) is 0 Å². The van der Waals surface area contributed by atoms with E-state index in [2.05, 4.69) is 17.0 Å². The molecule has 0 amide bonds. The number of hydrogen-bond donors (Lipinski definition) is 1. The first-order chi connectivity index (χ1) is 9.22. The van der Waals surface area contributed by atoms with Gasteiger partial charge < -0.3 is 15.4 Å². The van der Waals surface area contributed by atoms with Crippen LogP contribution in [0.25, 0.3) is 0 Å². The van der Waals surface area contributed by atoms with Gasteiger partial charge in [-0.2, -0.15) is 0 Å². The molecule has 0 spiro atoms. The molecule has 1 aliphatic carbocycles. The van der Waals surface area contributed by atoms with Gasteiger partial charge in [0, 0.05) is 25.9 Å². The van der Waals surface area contributed by atoms with E-state index in [4.69, 9.17) is 10.5 Å². The molecule has 4 atom stereocenters. The third-order valence-electron chi connectivity index (χ3n) is 4.39. The lowest BCUT2D eigenvalue weighted by molar-refractivity contribution is 0.0721. The number of rotatable bonds is 5. The van der Waals surface area contributed by atoms with Crippen LogP contribution in [0, 0.1) is 11.8 Å². The molecule has 3 rings (SSSR count). The third-order valence-corrected chi connectivity index (χ3v) is 4.39. The number of fused-ring (bicyclic) bond motifs is 1. The summed E-state index contributed by atoms with van der Waals surface area (Å²) in [6.45, 7) is 1.79. The lowest BCUT2D eigenvalue weighted by Gasteiger charge is -2.23. The number of methoxy groups -OCH3 is 1. The van der Waals surface area contributed by atoms with Crippen LogP contribution in [-0.2, 0) is 4.74 Å². The summed E-state index contributed by atoms with van der Waals surface area (Å²) in [5.41, 5.74) is 7.93. The van der Waals surface area contributed by atoms with Crippen LogP contribution in [0.3, 0.4) is 0 Å². The molecule has 0 aromatic heterocycles. The Bertz CT molecular complexity index is 426. The molecule has 1 aromatic carbocycles. The fourth-order valence-corrected chi connectivity index (χ4v) is 3.12. The summed E-state index contributed by atoms with van der Waals surface area (Å²) in [4.78, 5) is 2.43. The number of ether oxygens (including phenoxy) is 1. The molecule has 3 nitrogen and oxygen atoms in total. The second-order valence-corrected chi connectivity index (χ2v) is 5.73. The van der Waals surface area contributed by atoms with E-state index in [0.29, 0.717) is 0 Å². The number of halogens is 1. The first kappa shape index (κ1) is 12.9. The van der Waals surface area contributed by atoms with Crippen molar-refractivity contribution in [2.24, 2.45) is 17.6 Å². The van der Waals surface area contributed by atoms with E-state index in [0.717, 1.165) is 17.4 Å². The second-order valence-electron chi connectivity index (χ2n) is 5.73. The van der Waals surface area contributed by atoms with E-state index in [9.17, 15) is 4.39 Å². The van der Waals surface area contributed by atoms with Gasteiger partial charge in [0.15, 0.2) is 0 Å². The number of hydrogen-bond acceptors (Lipinski definition) is 3. The summed E-state index contributed by atoms with van der Waals surface area (Å²) in [5, 5.41) is 0. The van der Waals surface area contributed by atoms with Gasteiger partial charge in [0.2, 0.25) is 0 Å². The zero-order valence-corrected chi connectivity index (χ0v) is 11.3. The standard InChI is InChI=1S/C15H21FN2O/c1-19-15(14(17)7-16)10-2-4-13(5-3-10)18-8-11-6-12(11)9-18/h2-5,11-12,14-15H,6-9,17H2,1H3. The van der Waals surface area contributed by atoms with Crippen molar-refractivity contribution in [3.63, 3.8) is 0 Å². The number of nitrogens with two attached hydrogens (primary N) is 1. The average molecular weight is 264 g/mol. The van der Waals surface area contributed by atoms with Gasteiger partial charge in [-0.25, -0.2) is 4.39 Å². The Morgan fingerprint density at radius 2 is 1.95 bits per heavy atom. The summed E-state index contributed by atoms with van der Waals surface area (Å²) in [6, 6.07) is 7.59. The summed E-state index contributed by atoms with van der Waals surface area (Å²) in [7, 11) is 1.57. The lowest BCUT2D eigenvalue weighted by Crippen LogP contribution is -2.31. The van der Waals surface area contributed by atoms with Gasteiger partial charge in [-0.15, -0.1) is 0 Å². The van der Waals surface area contributed by atoms with Crippen LogP contribution in [0.1, 0.15) is 18.1 Å². The average Bonchev–Trinajstić information content (AvgIpc) is 3.06. The lowest BCUT2D eigenvalue weighted by atomic mass is 10.0. The highest BCUT2D eigenvalue weighted by Crippen LogP contribution is 2.46. The molecule has 2 N–H and O–H groups in total. The fourth-order valence-electron chi connectivity index (χ4n) is 3.12. The number of anilines is 1. The number of alkyl halides is 1. The van der Waals surface area contributed by atoms with Crippen LogP contribution < -0.4 is 10.6 Å². The maximum Gasteiger partial charge on any atom is 0.107 e. The minimum atomic E-state index is -0.602. The Labute approximate surface area is 113 Å². The molecule has 0 bridgehead atoms. The van der Waals surface area contributed by atoms with E-state index >= 15 is 0 Å². The molecule has 104 valence electrons. The van der Waals surface area contributed by atoms with Gasteiger partial charge in [-0.3, -0.25) is 0 Å². The smallest absolute Gasteiger partial charge is 0.107 e. The van der Waals surface area contributed by atoms with E-state index in [1.54, 1.807) is 7.11 Å². The Balaban J connectivity index is 1.70. The van der Waals surface area contributed by atoms with E-state index in [1.165, 1.54) is 25.2 Å². The van der Waals surface area contributed by atoms with Crippen molar-refractivity contribution < 1.29 is 9.13 Å². The fraction of sp³-hybridized carbons (Fsp3) is 0.600. The van der Waals surface area contributed by atoms with E-state index in [1.807, 2.05) is 12.1 Å². The summed E-state index contributed by atoms with van der Waals surface area (Å²) in [5.74, 6) is 1.85. The van der Waals surface area contributed by atoms with E-state index < -0.39 is 12.7 Å². The van der Waals surface area contributed by atoms with Gasteiger partial charge >= 0.3 is 0 Å². The number of piperidine rings is 1. The first-order valence-electron chi connectivity index (χ1n) is 6.92. The molecular weight excluding hydrogens is 243 g/mol. The van der Waals surface area contributed by atoms with Crippen molar-refractivity contribution in [2.45, 2.75) is 18.6 Å². The molecule has 4 unspecified atom stereocenters. The van der Waals surface area contributed by atoms with Gasteiger partial charge in [0.05, 0.1) is 12.1 Å². The van der Waals surface area contributed by atoms with Gasteiger partial charge in [-0.05, 0) is 36.0 Å². The molecular formula is C15H21FN2O. The van der Waals surface area contributed by atoms with Gasteiger partial charge in [0.25, 0.3) is 0 Å². The van der Waals surface area contributed by atoms with Crippen molar-refractivity contribution in [3.8, 4) is 0 Å². The predicted octanol–water partition coefficient (Wildman–Crippen LogP) is 2.13. The van der Waals surface area contributed by atoms with Crippen LogP contribution in [0.4, 0.5) is 10.1 Å². The van der Waals surface area contributed by atoms with Gasteiger partial charge in [0.1, 0.15) is 6.67 Å². The zero-order valence-electron chi connectivity index (χ0n) is 11.3. The minimum Gasteiger partial charge on any atom is -0.375 e. The molecule has 1 saturated carbocycles. The van der Waals surface area contributed by atoms with Crippen LogP contribution in [0.2, 0.25) is 0 Å². The molecule has 4 heteroatoms. The van der Waals surface area contributed by atoms with Crippen molar-refractivity contribution in [2.75, 3.05) is 31.8 Å². The highest BCUT2D eigenvalue weighted by Gasteiger charge is 2.45.